The molecule has 1 aliphatic carbocycles. The van der Waals surface area contributed by atoms with Gasteiger partial charge in [-0.25, -0.2) is 9.97 Å². The van der Waals surface area contributed by atoms with E-state index in [0.29, 0.717) is 24.0 Å². The van der Waals surface area contributed by atoms with Crippen LogP contribution in [-0.4, -0.2) is 34.5 Å². The van der Waals surface area contributed by atoms with Gasteiger partial charge in [-0.2, -0.15) is 5.26 Å². The molecule has 2 aliphatic rings. The quantitative estimate of drug-likeness (QED) is 0.848. The topological polar surface area (TPSA) is 81.9 Å². The van der Waals surface area contributed by atoms with Gasteiger partial charge in [-0.15, -0.1) is 0 Å². The molecule has 140 valence electrons. The number of nitrogens with zero attached hydrogens (tertiary/aromatic N) is 4. The zero-order chi connectivity index (χ0) is 18.7. The molecule has 3 rings (SSSR count). The van der Waals surface area contributed by atoms with Crippen LogP contribution in [0.2, 0.25) is 0 Å². The summed E-state index contributed by atoms with van der Waals surface area (Å²) in [7, 11) is 0. The lowest BCUT2D eigenvalue weighted by Crippen LogP contribution is -2.47. The normalized spacial score (nSPS) is 19.3. The highest BCUT2D eigenvalue weighted by molar-refractivity contribution is 5.77. The Balaban J connectivity index is 1.61. The number of carbonyl (C=O) groups excluding carboxylic acids is 1. The molecular weight excluding hydrogens is 326 g/mol. The predicted molar refractivity (Wildman–Crippen MR) is 101 cm³/mol. The van der Waals surface area contributed by atoms with Gasteiger partial charge in [0, 0.05) is 37.5 Å². The maximum atomic E-state index is 12.2. The molecule has 1 aromatic rings. The Hall–Kier alpha value is -2.16. The summed E-state index contributed by atoms with van der Waals surface area (Å²) in [5.41, 5.74) is 0.476. The van der Waals surface area contributed by atoms with E-state index in [1.807, 2.05) is 6.92 Å². The monoisotopic (exact) mass is 355 g/mol. The van der Waals surface area contributed by atoms with E-state index in [1.54, 1.807) is 6.07 Å². The Kier molecular flexibility index (Phi) is 5.45. The summed E-state index contributed by atoms with van der Waals surface area (Å²) < 4.78 is 0. The summed E-state index contributed by atoms with van der Waals surface area (Å²) >= 11 is 0. The highest BCUT2D eigenvalue weighted by Crippen LogP contribution is 2.47. The van der Waals surface area contributed by atoms with Crippen LogP contribution in [0.5, 0.6) is 0 Å². The van der Waals surface area contributed by atoms with Crippen LogP contribution in [0.25, 0.3) is 0 Å². The molecule has 0 spiro atoms. The van der Waals surface area contributed by atoms with Gasteiger partial charge >= 0.3 is 0 Å². The average Bonchev–Trinajstić information content (AvgIpc) is 3.41. The second-order valence-corrected chi connectivity index (χ2v) is 8.06. The molecule has 0 atom stereocenters. The van der Waals surface area contributed by atoms with Gasteiger partial charge < -0.3 is 10.2 Å². The fraction of sp³-hybridized carbons (Fsp3) is 0.700. The van der Waals surface area contributed by atoms with Crippen LogP contribution < -0.4 is 10.2 Å². The fourth-order valence-corrected chi connectivity index (χ4v) is 3.99. The number of hydrogen-bond donors (Lipinski definition) is 1. The number of nitriles is 1. The Labute approximate surface area is 156 Å². The van der Waals surface area contributed by atoms with E-state index in [-0.39, 0.29) is 11.4 Å². The first-order chi connectivity index (χ1) is 12.5. The number of aromatic nitrogens is 2. The standard InChI is InChI=1S/C20H29N5O/c1-4-17-22-16(13-21)12-18(23-17)25-9-5-15(6-10-25)20(7-8-20)24-19(26)11-14(2)3/h12,14-15H,4-11H2,1-3H3,(H,24,26). The minimum Gasteiger partial charge on any atom is -0.356 e. The number of piperidine rings is 1. The number of carbonyl (C=O) groups is 1. The summed E-state index contributed by atoms with van der Waals surface area (Å²) in [5, 5.41) is 12.5. The molecule has 1 aromatic heterocycles. The molecule has 6 nitrogen and oxygen atoms in total. The van der Waals surface area contributed by atoms with Gasteiger partial charge in [0.1, 0.15) is 23.4 Å². The van der Waals surface area contributed by atoms with Gasteiger partial charge in [0.2, 0.25) is 5.91 Å². The third kappa shape index (κ3) is 4.14. The van der Waals surface area contributed by atoms with E-state index in [2.05, 4.69) is 40.1 Å². The van der Waals surface area contributed by atoms with Crippen molar-refractivity contribution in [3.05, 3.63) is 17.6 Å². The summed E-state index contributed by atoms with van der Waals surface area (Å²) in [6.07, 6.45) is 5.65. The number of aryl methyl sites for hydroxylation is 1. The largest absolute Gasteiger partial charge is 0.356 e. The molecule has 0 bridgehead atoms. The lowest BCUT2D eigenvalue weighted by atomic mass is 9.87. The summed E-state index contributed by atoms with van der Waals surface area (Å²) in [6, 6.07) is 3.92. The van der Waals surface area contributed by atoms with E-state index in [1.165, 1.54) is 0 Å². The predicted octanol–water partition coefficient (Wildman–Crippen LogP) is 2.82. The molecule has 6 heteroatoms. The molecule has 0 unspecified atom stereocenters. The van der Waals surface area contributed by atoms with Crippen molar-refractivity contribution in [3.8, 4) is 6.07 Å². The van der Waals surface area contributed by atoms with Crippen LogP contribution >= 0.6 is 0 Å². The number of amides is 1. The van der Waals surface area contributed by atoms with Crippen molar-refractivity contribution >= 4 is 11.7 Å². The molecule has 1 saturated carbocycles. The van der Waals surface area contributed by atoms with Crippen molar-refractivity contribution in [2.24, 2.45) is 11.8 Å². The van der Waals surface area contributed by atoms with Gasteiger partial charge in [0.15, 0.2) is 0 Å². The van der Waals surface area contributed by atoms with Gasteiger partial charge in [-0.1, -0.05) is 20.8 Å². The fourth-order valence-electron chi connectivity index (χ4n) is 3.99. The minimum absolute atomic E-state index is 0.0378. The van der Waals surface area contributed by atoms with Crippen molar-refractivity contribution in [2.45, 2.75) is 64.8 Å². The van der Waals surface area contributed by atoms with E-state index in [0.717, 1.165) is 56.8 Å². The Bertz CT molecular complexity index is 697. The number of anilines is 1. The lowest BCUT2D eigenvalue weighted by molar-refractivity contribution is -0.123. The second-order valence-electron chi connectivity index (χ2n) is 8.06. The summed E-state index contributed by atoms with van der Waals surface area (Å²) in [6.45, 7) is 8.00. The van der Waals surface area contributed by atoms with Crippen molar-refractivity contribution < 1.29 is 4.79 Å². The second kappa shape index (κ2) is 7.61. The molecule has 1 aliphatic heterocycles. The summed E-state index contributed by atoms with van der Waals surface area (Å²) in [4.78, 5) is 23.3. The first-order valence-electron chi connectivity index (χ1n) is 9.80. The Morgan fingerprint density at radius 3 is 2.62 bits per heavy atom. The molecule has 2 fully saturated rings. The van der Waals surface area contributed by atoms with Gasteiger partial charge in [0.25, 0.3) is 0 Å². The Morgan fingerprint density at radius 1 is 1.38 bits per heavy atom. The number of rotatable bonds is 6. The maximum absolute atomic E-state index is 12.2. The first-order valence-corrected chi connectivity index (χ1v) is 9.80. The molecular formula is C20H29N5O. The highest BCUT2D eigenvalue weighted by Gasteiger charge is 2.50. The number of nitrogens with one attached hydrogen (secondary N) is 1. The smallest absolute Gasteiger partial charge is 0.220 e. The molecule has 1 saturated heterocycles. The van der Waals surface area contributed by atoms with Gasteiger partial charge in [-0.3, -0.25) is 4.79 Å². The van der Waals surface area contributed by atoms with Crippen molar-refractivity contribution in [1.29, 1.82) is 5.26 Å². The van der Waals surface area contributed by atoms with Crippen LogP contribution in [0.3, 0.4) is 0 Å². The highest BCUT2D eigenvalue weighted by atomic mass is 16.1. The number of hydrogen-bond acceptors (Lipinski definition) is 5. The molecule has 1 amide bonds. The van der Waals surface area contributed by atoms with Crippen LogP contribution in [-0.2, 0) is 11.2 Å². The van der Waals surface area contributed by atoms with Crippen LogP contribution in [0, 0.1) is 23.2 Å². The molecule has 0 aromatic carbocycles. The third-order valence-corrected chi connectivity index (χ3v) is 5.56. The average molecular weight is 355 g/mol. The molecule has 26 heavy (non-hydrogen) atoms. The van der Waals surface area contributed by atoms with E-state index in [9.17, 15) is 10.1 Å². The zero-order valence-corrected chi connectivity index (χ0v) is 16.1. The van der Waals surface area contributed by atoms with Crippen LogP contribution in [0.1, 0.15) is 64.4 Å². The van der Waals surface area contributed by atoms with Crippen molar-refractivity contribution in [1.82, 2.24) is 15.3 Å². The van der Waals surface area contributed by atoms with Crippen LogP contribution in [0.4, 0.5) is 5.82 Å². The van der Waals surface area contributed by atoms with E-state index >= 15 is 0 Å². The van der Waals surface area contributed by atoms with E-state index < -0.39 is 0 Å². The lowest BCUT2D eigenvalue weighted by Gasteiger charge is -2.37. The van der Waals surface area contributed by atoms with Crippen molar-refractivity contribution in [2.75, 3.05) is 18.0 Å². The molecule has 1 N–H and O–H groups in total. The molecule has 0 radical (unpaired) electrons. The summed E-state index contributed by atoms with van der Waals surface area (Å²) in [5.74, 6) is 2.72. The maximum Gasteiger partial charge on any atom is 0.220 e. The Morgan fingerprint density at radius 2 is 2.08 bits per heavy atom. The molecule has 2 heterocycles. The SMILES string of the molecule is CCc1nc(C#N)cc(N2CCC(C3(NC(=O)CC(C)C)CC3)CC2)n1. The zero-order valence-electron chi connectivity index (χ0n) is 16.1. The van der Waals surface area contributed by atoms with Crippen molar-refractivity contribution in [3.63, 3.8) is 0 Å². The van der Waals surface area contributed by atoms with E-state index in [4.69, 9.17) is 0 Å². The first kappa shape index (κ1) is 18.6. The van der Waals surface area contributed by atoms with Crippen LogP contribution in [0.15, 0.2) is 6.07 Å². The third-order valence-electron chi connectivity index (χ3n) is 5.56. The van der Waals surface area contributed by atoms with Gasteiger partial charge in [0.05, 0.1) is 0 Å². The minimum atomic E-state index is 0.0378. The van der Waals surface area contributed by atoms with Gasteiger partial charge in [-0.05, 0) is 37.5 Å².